The zero-order valence-corrected chi connectivity index (χ0v) is 14.8. The van der Waals surface area contributed by atoms with Crippen LogP contribution in [0, 0.1) is 10.5 Å². The van der Waals surface area contributed by atoms with Crippen LogP contribution in [0.5, 0.6) is 11.5 Å². The molecule has 1 aromatic heterocycles. The molecule has 3 rings (SSSR count). The minimum Gasteiger partial charge on any atom is -0.489 e. The Bertz CT molecular complexity index is 687. The van der Waals surface area contributed by atoms with Gasteiger partial charge in [0.25, 0.3) is 0 Å². The van der Waals surface area contributed by atoms with Gasteiger partial charge in [0.1, 0.15) is 5.15 Å². The minimum atomic E-state index is 0.432. The van der Waals surface area contributed by atoms with E-state index in [2.05, 4.69) is 32.6 Å². The molecule has 0 spiro atoms. The predicted molar refractivity (Wildman–Crippen MR) is 90.5 cm³/mol. The average molecular weight is 437 g/mol. The molecule has 1 aromatic carbocycles. The van der Waals surface area contributed by atoms with Gasteiger partial charge in [-0.1, -0.05) is 23.2 Å². The van der Waals surface area contributed by atoms with Gasteiger partial charge in [0.05, 0.1) is 27.5 Å². The van der Waals surface area contributed by atoms with Crippen LogP contribution in [0.1, 0.15) is 12.1 Å². The number of aromatic nitrogens is 2. The number of halogens is 3. The van der Waals surface area contributed by atoms with Gasteiger partial charge in [-0.25, -0.2) is 9.97 Å². The molecule has 1 aliphatic heterocycles. The molecular weight excluding hydrogens is 426 g/mol. The van der Waals surface area contributed by atoms with Crippen molar-refractivity contribution in [3.63, 3.8) is 0 Å². The second-order valence-electron chi connectivity index (χ2n) is 4.57. The first-order chi connectivity index (χ1) is 10.1. The lowest BCUT2D eigenvalue weighted by Gasteiger charge is -2.11. The Morgan fingerprint density at radius 2 is 1.90 bits per heavy atom. The van der Waals surface area contributed by atoms with E-state index >= 15 is 0 Å². The Kier molecular flexibility index (Phi) is 4.42. The Hall–Kier alpha value is -0.790. The highest BCUT2D eigenvalue weighted by Gasteiger charge is 2.18. The second-order valence-corrected chi connectivity index (χ2v) is 6.42. The highest BCUT2D eigenvalue weighted by atomic mass is 127. The van der Waals surface area contributed by atoms with E-state index in [9.17, 15) is 0 Å². The summed E-state index contributed by atoms with van der Waals surface area (Å²) in [6.07, 6.45) is 0.825. The fraction of sp³-hybridized carbons (Fsp3) is 0.286. The van der Waals surface area contributed by atoms with Gasteiger partial charge in [0.15, 0.2) is 17.3 Å². The molecule has 1 aliphatic rings. The normalized spacial score (nSPS) is 13.9. The van der Waals surface area contributed by atoms with Crippen LogP contribution in [-0.2, 0) is 0 Å². The molecule has 0 N–H and O–H groups in total. The Balaban J connectivity index is 2.11. The standard InChI is InChI=1S/C14H11Cl2IN2O2/c1-7-11(17)13(16)19-14(18-7)8-5-9(15)12-10(6-8)20-3-2-4-21-12/h5-6H,2-4H2,1H3. The van der Waals surface area contributed by atoms with Crippen LogP contribution in [0.3, 0.4) is 0 Å². The summed E-state index contributed by atoms with van der Waals surface area (Å²) >= 11 is 14.5. The molecule has 0 saturated carbocycles. The van der Waals surface area contributed by atoms with Gasteiger partial charge in [0.2, 0.25) is 0 Å². The summed E-state index contributed by atoms with van der Waals surface area (Å²) in [6, 6.07) is 3.61. The summed E-state index contributed by atoms with van der Waals surface area (Å²) in [6.45, 7) is 3.08. The van der Waals surface area contributed by atoms with Crippen LogP contribution in [0.25, 0.3) is 11.4 Å². The molecule has 7 heteroatoms. The fourth-order valence-electron chi connectivity index (χ4n) is 2.01. The number of aryl methyl sites for hydroxylation is 1. The van der Waals surface area contributed by atoms with Crippen molar-refractivity contribution in [2.75, 3.05) is 13.2 Å². The maximum atomic E-state index is 6.29. The van der Waals surface area contributed by atoms with E-state index in [1.165, 1.54) is 0 Å². The molecule has 0 bridgehead atoms. The summed E-state index contributed by atoms with van der Waals surface area (Å²) in [5, 5.41) is 0.918. The fourth-order valence-corrected chi connectivity index (χ4v) is 2.74. The van der Waals surface area contributed by atoms with E-state index in [0.29, 0.717) is 40.7 Å². The van der Waals surface area contributed by atoms with E-state index in [1.54, 1.807) is 6.07 Å². The lowest BCUT2D eigenvalue weighted by molar-refractivity contribution is 0.297. The van der Waals surface area contributed by atoms with Crippen molar-refractivity contribution >= 4 is 45.8 Å². The zero-order valence-electron chi connectivity index (χ0n) is 11.1. The van der Waals surface area contributed by atoms with E-state index in [4.69, 9.17) is 32.7 Å². The first-order valence-electron chi connectivity index (χ1n) is 6.35. The minimum absolute atomic E-state index is 0.432. The third-order valence-electron chi connectivity index (χ3n) is 3.04. The largest absolute Gasteiger partial charge is 0.489 e. The zero-order chi connectivity index (χ0) is 15.0. The van der Waals surface area contributed by atoms with E-state index in [1.807, 2.05) is 13.0 Å². The third-order valence-corrected chi connectivity index (χ3v) is 5.20. The van der Waals surface area contributed by atoms with Crippen LogP contribution in [0.4, 0.5) is 0 Å². The Morgan fingerprint density at radius 3 is 2.67 bits per heavy atom. The van der Waals surface area contributed by atoms with Crippen LogP contribution in [0.2, 0.25) is 10.2 Å². The molecular formula is C14H11Cl2IN2O2. The summed E-state index contributed by atoms with van der Waals surface area (Å²) < 4.78 is 12.1. The van der Waals surface area contributed by atoms with Gasteiger partial charge in [-0.15, -0.1) is 0 Å². The average Bonchev–Trinajstić information content (AvgIpc) is 2.69. The molecule has 0 aliphatic carbocycles. The van der Waals surface area contributed by atoms with Crippen molar-refractivity contribution in [2.45, 2.75) is 13.3 Å². The molecule has 0 unspecified atom stereocenters. The molecule has 110 valence electrons. The quantitative estimate of drug-likeness (QED) is 0.486. The summed E-state index contributed by atoms with van der Waals surface area (Å²) in [7, 11) is 0. The van der Waals surface area contributed by atoms with E-state index < -0.39 is 0 Å². The number of fused-ring (bicyclic) bond motifs is 1. The molecule has 0 amide bonds. The lowest BCUT2D eigenvalue weighted by Crippen LogP contribution is -1.98. The van der Waals surface area contributed by atoms with Crippen molar-refractivity contribution in [3.05, 3.63) is 31.6 Å². The molecule has 0 radical (unpaired) electrons. The van der Waals surface area contributed by atoms with Crippen molar-refractivity contribution in [1.82, 2.24) is 9.97 Å². The SMILES string of the molecule is Cc1nc(-c2cc(Cl)c3c(c2)OCCCO3)nc(Cl)c1I. The number of hydrogen-bond acceptors (Lipinski definition) is 4. The van der Waals surface area contributed by atoms with Gasteiger partial charge in [-0.05, 0) is 41.6 Å². The predicted octanol–water partition coefficient (Wildman–Crippen LogP) is 4.52. The Morgan fingerprint density at radius 1 is 1.14 bits per heavy atom. The van der Waals surface area contributed by atoms with Crippen LogP contribution in [0.15, 0.2) is 12.1 Å². The first-order valence-corrected chi connectivity index (χ1v) is 8.19. The number of ether oxygens (including phenoxy) is 2. The van der Waals surface area contributed by atoms with Crippen LogP contribution >= 0.6 is 45.8 Å². The van der Waals surface area contributed by atoms with Crippen molar-refractivity contribution in [3.8, 4) is 22.9 Å². The smallest absolute Gasteiger partial charge is 0.179 e. The second kappa shape index (κ2) is 6.14. The number of rotatable bonds is 1. The van der Waals surface area contributed by atoms with Crippen molar-refractivity contribution < 1.29 is 9.47 Å². The Labute approximate surface area is 145 Å². The van der Waals surface area contributed by atoms with Gasteiger partial charge >= 0.3 is 0 Å². The van der Waals surface area contributed by atoms with Gasteiger partial charge in [-0.3, -0.25) is 0 Å². The molecule has 2 heterocycles. The van der Waals surface area contributed by atoms with Gasteiger partial charge in [0, 0.05) is 12.0 Å². The molecule has 0 saturated heterocycles. The lowest BCUT2D eigenvalue weighted by atomic mass is 10.2. The monoisotopic (exact) mass is 436 g/mol. The maximum Gasteiger partial charge on any atom is 0.179 e. The van der Waals surface area contributed by atoms with Crippen molar-refractivity contribution in [2.24, 2.45) is 0 Å². The van der Waals surface area contributed by atoms with Crippen molar-refractivity contribution in [1.29, 1.82) is 0 Å². The van der Waals surface area contributed by atoms with Crippen LogP contribution in [-0.4, -0.2) is 23.2 Å². The van der Waals surface area contributed by atoms with Gasteiger partial charge < -0.3 is 9.47 Å². The topological polar surface area (TPSA) is 44.2 Å². The van der Waals surface area contributed by atoms with E-state index in [-0.39, 0.29) is 0 Å². The van der Waals surface area contributed by atoms with Gasteiger partial charge in [-0.2, -0.15) is 0 Å². The third kappa shape index (κ3) is 3.05. The molecule has 0 fully saturated rings. The van der Waals surface area contributed by atoms with Crippen LogP contribution < -0.4 is 9.47 Å². The summed E-state index contributed by atoms with van der Waals surface area (Å²) in [5.41, 5.74) is 1.58. The summed E-state index contributed by atoms with van der Waals surface area (Å²) in [5.74, 6) is 1.72. The number of benzene rings is 1. The molecule has 21 heavy (non-hydrogen) atoms. The number of nitrogens with zero attached hydrogens (tertiary/aromatic N) is 2. The van der Waals surface area contributed by atoms with E-state index in [0.717, 1.165) is 21.2 Å². The summed E-state index contributed by atoms with van der Waals surface area (Å²) in [4.78, 5) is 8.77. The molecule has 2 aromatic rings. The number of hydrogen-bond donors (Lipinski definition) is 0. The first kappa shape index (κ1) is 15.1. The molecule has 4 nitrogen and oxygen atoms in total. The highest BCUT2D eigenvalue weighted by molar-refractivity contribution is 14.1. The molecule has 0 atom stereocenters. The maximum absolute atomic E-state index is 6.29. The highest BCUT2D eigenvalue weighted by Crippen LogP contribution is 2.40.